The van der Waals surface area contributed by atoms with Gasteiger partial charge in [-0.25, -0.2) is 9.85 Å². The van der Waals surface area contributed by atoms with Crippen molar-refractivity contribution in [2.45, 2.75) is 64.6 Å². The zero-order valence-electron chi connectivity index (χ0n) is 22.0. The highest BCUT2D eigenvalue weighted by molar-refractivity contribution is 5.88. The minimum Gasteiger partial charge on any atom is -0.497 e. The van der Waals surface area contributed by atoms with E-state index in [2.05, 4.69) is 20.8 Å². The molecule has 3 aliphatic rings. The van der Waals surface area contributed by atoms with Crippen molar-refractivity contribution >= 4 is 5.91 Å². The highest BCUT2D eigenvalue weighted by Crippen LogP contribution is 2.45. The highest BCUT2D eigenvalue weighted by Gasteiger charge is 2.57. The molecule has 1 amide bonds. The number of benzene rings is 2. The fraction of sp³-hybridized carbons (Fsp3) is 0.536. The van der Waals surface area contributed by atoms with Crippen LogP contribution in [0.15, 0.2) is 48.5 Å². The molecular weight excluding hydrogens is 476 g/mol. The van der Waals surface area contributed by atoms with E-state index in [1.807, 2.05) is 36.4 Å². The van der Waals surface area contributed by atoms with Crippen LogP contribution in [0, 0.1) is 17.8 Å². The van der Waals surface area contributed by atoms with Crippen molar-refractivity contribution < 1.29 is 33.7 Å². The monoisotopic (exact) mass is 512 g/mol. The number of nitrogens with zero attached hydrogens (tertiary/aromatic N) is 2. The molecule has 1 saturated carbocycles. The fourth-order valence-electron chi connectivity index (χ4n) is 5.50. The minimum atomic E-state index is -0.834. The molecule has 37 heavy (non-hydrogen) atoms. The van der Waals surface area contributed by atoms with Gasteiger partial charge in [-0.3, -0.25) is 4.79 Å². The van der Waals surface area contributed by atoms with Crippen molar-refractivity contribution in [3.63, 3.8) is 0 Å². The zero-order chi connectivity index (χ0) is 26.1. The standard InChI is InChI=1S/C28H36N2O7/c1-17(2)23-15-6-18(3)16-24(23)34-26-25(19-7-11-21(32-4)12-8-19)29(27(26)31)30-35-28(36-37-30)20-9-13-22(33-5)14-10-20/h7-14,17-18,23-26,28H,6,15-16H2,1-5H3/t18-,23+,24-,25?,26?,28?/m1/s1. The highest BCUT2D eigenvalue weighted by atomic mass is 17.4. The summed E-state index contributed by atoms with van der Waals surface area (Å²) in [6.45, 7) is 6.72. The minimum absolute atomic E-state index is 0.0179. The molecule has 3 unspecified atom stereocenters. The van der Waals surface area contributed by atoms with Crippen LogP contribution in [0.4, 0.5) is 0 Å². The third-order valence-corrected chi connectivity index (χ3v) is 7.70. The van der Waals surface area contributed by atoms with Gasteiger partial charge in [0.2, 0.25) is 6.29 Å². The average Bonchev–Trinajstić information content (AvgIpc) is 3.39. The normalized spacial score (nSPS) is 30.4. The third kappa shape index (κ3) is 5.19. The van der Waals surface area contributed by atoms with Crippen molar-refractivity contribution in [1.82, 2.24) is 10.3 Å². The molecule has 5 rings (SSSR count). The molecule has 200 valence electrons. The molecular formula is C28H36N2O7. The van der Waals surface area contributed by atoms with E-state index in [4.69, 9.17) is 28.9 Å². The maximum Gasteiger partial charge on any atom is 0.273 e. The number of ether oxygens (including phenoxy) is 3. The molecule has 2 aromatic carbocycles. The van der Waals surface area contributed by atoms with Crippen molar-refractivity contribution in [2.75, 3.05) is 14.2 Å². The Morgan fingerprint density at radius 1 is 0.919 bits per heavy atom. The maximum absolute atomic E-state index is 13.5. The van der Waals surface area contributed by atoms with Crippen LogP contribution >= 0.6 is 0 Å². The van der Waals surface area contributed by atoms with E-state index in [9.17, 15) is 4.79 Å². The fourth-order valence-corrected chi connectivity index (χ4v) is 5.50. The Kier molecular flexibility index (Phi) is 7.69. The van der Waals surface area contributed by atoms with Crippen molar-refractivity contribution in [3.05, 3.63) is 59.7 Å². The summed E-state index contributed by atoms with van der Waals surface area (Å²) in [7, 11) is 3.23. The lowest BCUT2D eigenvalue weighted by molar-refractivity contribution is -0.493. The van der Waals surface area contributed by atoms with Crippen LogP contribution in [0.2, 0.25) is 0 Å². The summed E-state index contributed by atoms with van der Waals surface area (Å²) in [5, 5.41) is 2.43. The van der Waals surface area contributed by atoms with Gasteiger partial charge in [0, 0.05) is 5.56 Å². The molecule has 3 fully saturated rings. The first-order valence-electron chi connectivity index (χ1n) is 13.0. The molecule has 0 aromatic heterocycles. The van der Waals surface area contributed by atoms with E-state index in [1.165, 1.54) is 11.4 Å². The van der Waals surface area contributed by atoms with Gasteiger partial charge >= 0.3 is 0 Å². The lowest BCUT2D eigenvalue weighted by Crippen LogP contribution is -2.65. The Labute approximate surface area is 217 Å². The second-order valence-electron chi connectivity index (χ2n) is 10.4. The molecule has 0 N–H and O–H groups in total. The van der Waals surface area contributed by atoms with Crippen molar-refractivity contribution in [1.29, 1.82) is 0 Å². The Morgan fingerprint density at radius 2 is 1.54 bits per heavy atom. The van der Waals surface area contributed by atoms with E-state index < -0.39 is 18.4 Å². The van der Waals surface area contributed by atoms with Gasteiger partial charge in [0.25, 0.3) is 5.91 Å². The van der Waals surface area contributed by atoms with Gasteiger partial charge in [-0.2, -0.15) is 4.89 Å². The number of hydrogen-bond acceptors (Lipinski definition) is 8. The first kappa shape index (κ1) is 25.9. The summed E-state index contributed by atoms with van der Waals surface area (Å²) in [6, 6.07) is 14.4. The molecule has 2 saturated heterocycles. The van der Waals surface area contributed by atoms with Gasteiger partial charge in [-0.05, 0) is 60.4 Å². The van der Waals surface area contributed by atoms with Crippen LogP contribution in [0.5, 0.6) is 11.5 Å². The second kappa shape index (κ2) is 11.0. The van der Waals surface area contributed by atoms with Crippen LogP contribution in [-0.2, 0) is 24.2 Å². The van der Waals surface area contributed by atoms with Gasteiger partial charge in [-0.15, -0.1) is 0 Å². The van der Waals surface area contributed by atoms with E-state index in [0.29, 0.717) is 23.5 Å². The number of β-lactam (4-membered cyclic amide) rings is 1. The molecule has 0 spiro atoms. The summed E-state index contributed by atoms with van der Waals surface area (Å²) in [6.07, 6.45) is 1.77. The lowest BCUT2D eigenvalue weighted by Gasteiger charge is -2.49. The summed E-state index contributed by atoms with van der Waals surface area (Å²) in [4.78, 5) is 30.2. The zero-order valence-corrected chi connectivity index (χ0v) is 22.0. The molecule has 0 bridgehead atoms. The van der Waals surface area contributed by atoms with Crippen LogP contribution in [0.1, 0.15) is 63.5 Å². The SMILES string of the molecule is COc1ccc(C2OON(N3C(=O)C(O[C@@H]4C[C@H](C)CC[C@H]4C(C)C)C3c3ccc(OC)cc3)O2)cc1. The largest absolute Gasteiger partial charge is 0.497 e. The Bertz CT molecular complexity index is 1060. The topological polar surface area (TPSA) is 78.9 Å². The molecule has 0 radical (unpaired) electrons. The van der Waals surface area contributed by atoms with Crippen LogP contribution < -0.4 is 9.47 Å². The summed E-state index contributed by atoms with van der Waals surface area (Å²) in [5.74, 6) is 2.67. The van der Waals surface area contributed by atoms with Crippen molar-refractivity contribution in [2.24, 2.45) is 17.8 Å². The average molecular weight is 513 g/mol. The number of carbonyl (C=O) groups excluding carboxylic acids is 1. The van der Waals surface area contributed by atoms with Gasteiger partial charge in [0.1, 0.15) is 17.5 Å². The quantitative estimate of drug-likeness (QED) is 0.355. The smallest absolute Gasteiger partial charge is 0.273 e. The maximum atomic E-state index is 13.5. The van der Waals surface area contributed by atoms with Gasteiger partial charge in [0.05, 0.1) is 25.7 Å². The number of carbonyl (C=O) groups is 1. The van der Waals surface area contributed by atoms with Crippen LogP contribution in [-0.4, -0.2) is 42.7 Å². The molecule has 9 heteroatoms. The van der Waals surface area contributed by atoms with Gasteiger partial charge in [-0.1, -0.05) is 56.4 Å². The van der Waals surface area contributed by atoms with Crippen molar-refractivity contribution in [3.8, 4) is 11.5 Å². The van der Waals surface area contributed by atoms with E-state index in [1.54, 1.807) is 26.4 Å². The first-order valence-corrected chi connectivity index (χ1v) is 13.0. The number of methoxy groups -OCH3 is 2. The third-order valence-electron chi connectivity index (χ3n) is 7.70. The number of hydrazine groups is 1. The molecule has 9 nitrogen and oxygen atoms in total. The molecule has 1 aliphatic carbocycles. The predicted molar refractivity (Wildman–Crippen MR) is 133 cm³/mol. The summed E-state index contributed by atoms with van der Waals surface area (Å²) >= 11 is 0. The van der Waals surface area contributed by atoms with Gasteiger partial charge < -0.3 is 14.2 Å². The number of rotatable bonds is 8. The van der Waals surface area contributed by atoms with Crippen LogP contribution in [0.25, 0.3) is 0 Å². The lowest BCUT2D eigenvalue weighted by atomic mass is 9.75. The summed E-state index contributed by atoms with van der Waals surface area (Å²) in [5.41, 5.74) is 1.61. The summed E-state index contributed by atoms with van der Waals surface area (Å²) < 4.78 is 17.2. The molecule has 2 aliphatic heterocycles. The molecule has 2 aromatic rings. The molecule has 6 atom stereocenters. The van der Waals surface area contributed by atoms with Crippen LogP contribution in [0.3, 0.4) is 0 Å². The van der Waals surface area contributed by atoms with E-state index in [-0.39, 0.29) is 12.0 Å². The Morgan fingerprint density at radius 3 is 2.14 bits per heavy atom. The van der Waals surface area contributed by atoms with E-state index >= 15 is 0 Å². The Hall–Kier alpha value is -2.69. The van der Waals surface area contributed by atoms with Gasteiger partial charge in [0.15, 0.2) is 6.10 Å². The predicted octanol–water partition coefficient (Wildman–Crippen LogP) is 5.16. The molecule has 2 heterocycles. The number of amides is 1. The Balaban J connectivity index is 1.36. The number of hydrogen-bond donors (Lipinski definition) is 0. The van der Waals surface area contributed by atoms with E-state index in [0.717, 1.165) is 35.1 Å². The second-order valence-corrected chi connectivity index (χ2v) is 10.4. The first-order chi connectivity index (χ1) is 17.9.